The van der Waals surface area contributed by atoms with Gasteiger partial charge >= 0.3 is 0 Å². The van der Waals surface area contributed by atoms with E-state index in [1.165, 1.54) is 12.8 Å². The zero-order valence-corrected chi connectivity index (χ0v) is 11.6. The molecule has 0 aromatic carbocycles. The van der Waals surface area contributed by atoms with E-state index in [4.69, 9.17) is 0 Å². The SMILES string of the molecule is CC(C)NCCC1CCC2CCC(O)C(O)C2N1. The molecule has 5 unspecified atom stereocenters. The van der Waals surface area contributed by atoms with Crippen LogP contribution >= 0.6 is 0 Å². The minimum atomic E-state index is -0.579. The van der Waals surface area contributed by atoms with Gasteiger partial charge in [0.05, 0.1) is 12.2 Å². The molecule has 0 bridgehead atoms. The minimum absolute atomic E-state index is 0.103. The van der Waals surface area contributed by atoms with Crippen LogP contribution in [0.4, 0.5) is 0 Å². The van der Waals surface area contributed by atoms with Crippen LogP contribution in [0.3, 0.4) is 0 Å². The Kier molecular flexibility index (Phi) is 5.01. The Balaban J connectivity index is 1.80. The van der Waals surface area contributed by atoms with E-state index in [9.17, 15) is 10.2 Å². The first-order valence-corrected chi connectivity index (χ1v) is 7.43. The molecule has 0 spiro atoms. The van der Waals surface area contributed by atoms with Crippen molar-refractivity contribution >= 4 is 0 Å². The van der Waals surface area contributed by atoms with E-state index in [2.05, 4.69) is 24.5 Å². The summed E-state index contributed by atoms with van der Waals surface area (Å²) in [7, 11) is 0. The highest BCUT2D eigenvalue weighted by atomic mass is 16.3. The summed E-state index contributed by atoms with van der Waals surface area (Å²) in [5.41, 5.74) is 0. The van der Waals surface area contributed by atoms with Gasteiger partial charge in [-0.05, 0) is 44.6 Å². The van der Waals surface area contributed by atoms with Crippen LogP contribution in [0, 0.1) is 5.92 Å². The highest BCUT2D eigenvalue weighted by Gasteiger charge is 2.40. The van der Waals surface area contributed by atoms with Crippen LogP contribution in [0.15, 0.2) is 0 Å². The fourth-order valence-electron chi connectivity index (χ4n) is 3.36. The molecule has 0 aromatic heterocycles. The number of aliphatic hydroxyl groups is 2. The van der Waals surface area contributed by atoms with Crippen LogP contribution in [0.2, 0.25) is 0 Å². The predicted molar refractivity (Wildman–Crippen MR) is 72.4 cm³/mol. The second-order valence-electron chi connectivity index (χ2n) is 6.26. The first-order chi connectivity index (χ1) is 8.58. The lowest BCUT2D eigenvalue weighted by atomic mass is 9.74. The van der Waals surface area contributed by atoms with Crippen molar-refractivity contribution in [3.8, 4) is 0 Å². The molecule has 1 aliphatic carbocycles. The smallest absolute Gasteiger partial charge is 0.0954 e. The zero-order valence-electron chi connectivity index (χ0n) is 11.6. The summed E-state index contributed by atoms with van der Waals surface area (Å²) in [6, 6.07) is 1.12. The predicted octanol–water partition coefficient (Wildman–Crippen LogP) is 0.627. The normalized spacial score (nSPS) is 40.8. The molecule has 4 N–H and O–H groups in total. The van der Waals surface area contributed by atoms with E-state index >= 15 is 0 Å². The Morgan fingerprint density at radius 3 is 2.61 bits per heavy atom. The molecule has 106 valence electrons. The maximum atomic E-state index is 10.1. The Hall–Kier alpha value is -0.160. The van der Waals surface area contributed by atoms with E-state index in [1.54, 1.807) is 0 Å². The number of hydrogen-bond acceptors (Lipinski definition) is 4. The lowest BCUT2D eigenvalue weighted by Crippen LogP contribution is -2.59. The first kappa shape index (κ1) is 14.3. The van der Waals surface area contributed by atoms with E-state index < -0.39 is 12.2 Å². The van der Waals surface area contributed by atoms with Crippen LogP contribution in [-0.2, 0) is 0 Å². The number of hydrogen-bond donors (Lipinski definition) is 4. The van der Waals surface area contributed by atoms with Crippen molar-refractivity contribution in [3.63, 3.8) is 0 Å². The van der Waals surface area contributed by atoms with Crippen LogP contribution in [0.1, 0.15) is 46.0 Å². The van der Waals surface area contributed by atoms with Gasteiger partial charge in [-0.15, -0.1) is 0 Å². The molecule has 0 aromatic rings. The molecule has 2 fully saturated rings. The molecular weight excluding hydrogens is 228 g/mol. The molecule has 4 heteroatoms. The summed E-state index contributed by atoms with van der Waals surface area (Å²) in [5.74, 6) is 0.553. The first-order valence-electron chi connectivity index (χ1n) is 7.43. The molecule has 1 aliphatic heterocycles. The quantitative estimate of drug-likeness (QED) is 0.596. The van der Waals surface area contributed by atoms with Crippen molar-refractivity contribution in [2.24, 2.45) is 5.92 Å². The largest absolute Gasteiger partial charge is 0.390 e. The molecule has 5 atom stereocenters. The minimum Gasteiger partial charge on any atom is -0.390 e. The summed E-state index contributed by atoms with van der Waals surface area (Å²) >= 11 is 0. The van der Waals surface area contributed by atoms with Crippen molar-refractivity contribution in [3.05, 3.63) is 0 Å². The molecule has 1 heterocycles. The maximum Gasteiger partial charge on any atom is 0.0954 e. The number of fused-ring (bicyclic) bond motifs is 1. The van der Waals surface area contributed by atoms with Gasteiger partial charge < -0.3 is 20.8 Å². The van der Waals surface area contributed by atoms with Gasteiger partial charge in [0.1, 0.15) is 0 Å². The number of aliphatic hydroxyl groups excluding tert-OH is 2. The van der Waals surface area contributed by atoms with Crippen molar-refractivity contribution in [1.29, 1.82) is 0 Å². The van der Waals surface area contributed by atoms with Crippen LogP contribution in [-0.4, -0.2) is 47.1 Å². The van der Waals surface area contributed by atoms with Crippen LogP contribution in [0.25, 0.3) is 0 Å². The van der Waals surface area contributed by atoms with Gasteiger partial charge in [-0.1, -0.05) is 13.8 Å². The third kappa shape index (κ3) is 3.44. The van der Waals surface area contributed by atoms with Crippen molar-refractivity contribution in [2.45, 2.75) is 76.3 Å². The lowest BCUT2D eigenvalue weighted by molar-refractivity contribution is -0.0622. The molecule has 4 nitrogen and oxygen atoms in total. The second kappa shape index (κ2) is 6.33. The Morgan fingerprint density at radius 1 is 1.17 bits per heavy atom. The van der Waals surface area contributed by atoms with Crippen LogP contribution in [0.5, 0.6) is 0 Å². The summed E-state index contributed by atoms with van der Waals surface area (Å²) < 4.78 is 0. The molecule has 0 amide bonds. The molecule has 1 saturated heterocycles. The standard InChI is InChI=1S/C14H28N2O2/c1-9(2)15-8-7-11-5-3-10-4-6-12(17)14(18)13(10)16-11/h9-18H,3-8H2,1-2H3. The Morgan fingerprint density at radius 2 is 1.89 bits per heavy atom. The van der Waals surface area contributed by atoms with Gasteiger partial charge in [0, 0.05) is 18.1 Å². The molecule has 2 rings (SSSR count). The molecular formula is C14H28N2O2. The fraction of sp³-hybridized carbons (Fsp3) is 1.00. The van der Waals surface area contributed by atoms with Gasteiger partial charge in [0.2, 0.25) is 0 Å². The number of rotatable bonds is 4. The number of piperidine rings is 1. The topological polar surface area (TPSA) is 64.5 Å². The summed E-state index contributed by atoms with van der Waals surface area (Å²) in [6.45, 7) is 5.34. The van der Waals surface area contributed by atoms with Crippen molar-refractivity contribution in [2.75, 3.05) is 6.54 Å². The van der Waals surface area contributed by atoms with Crippen LogP contribution < -0.4 is 10.6 Å². The van der Waals surface area contributed by atoms with Crippen molar-refractivity contribution in [1.82, 2.24) is 10.6 Å². The van der Waals surface area contributed by atoms with E-state index in [-0.39, 0.29) is 6.04 Å². The van der Waals surface area contributed by atoms with Gasteiger partial charge in [0.15, 0.2) is 0 Å². The van der Waals surface area contributed by atoms with Crippen molar-refractivity contribution < 1.29 is 10.2 Å². The molecule has 1 saturated carbocycles. The van der Waals surface area contributed by atoms with Gasteiger partial charge in [-0.2, -0.15) is 0 Å². The molecule has 18 heavy (non-hydrogen) atoms. The highest BCUT2D eigenvalue weighted by molar-refractivity contribution is 4.97. The summed E-state index contributed by atoms with van der Waals surface area (Å²) in [4.78, 5) is 0. The summed E-state index contributed by atoms with van der Waals surface area (Å²) in [6.07, 6.45) is 4.17. The Bertz CT molecular complexity index is 258. The second-order valence-corrected chi connectivity index (χ2v) is 6.26. The van der Waals surface area contributed by atoms with Gasteiger partial charge in [-0.3, -0.25) is 0 Å². The number of nitrogens with one attached hydrogen (secondary N) is 2. The maximum absolute atomic E-state index is 10.1. The average Bonchev–Trinajstić information content (AvgIpc) is 2.34. The zero-order chi connectivity index (χ0) is 13.1. The Labute approximate surface area is 110 Å². The lowest BCUT2D eigenvalue weighted by Gasteiger charge is -2.45. The third-order valence-electron chi connectivity index (χ3n) is 4.46. The van der Waals surface area contributed by atoms with E-state index in [1.807, 2.05) is 0 Å². The highest BCUT2D eigenvalue weighted by Crippen LogP contribution is 2.33. The van der Waals surface area contributed by atoms with Gasteiger partial charge in [0.25, 0.3) is 0 Å². The monoisotopic (exact) mass is 256 g/mol. The summed E-state index contributed by atoms with van der Waals surface area (Å²) in [5, 5.41) is 26.8. The fourth-order valence-corrected chi connectivity index (χ4v) is 3.36. The third-order valence-corrected chi connectivity index (χ3v) is 4.46. The molecule has 2 aliphatic rings. The average molecular weight is 256 g/mol. The molecule has 0 radical (unpaired) electrons. The van der Waals surface area contributed by atoms with Gasteiger partial charge in [-0.25, -0.2) is 0 Å². The van der Waals surface area contributed by atoms with E-state index in [0.717, 1.165) is 25.8 Å². The van der Waals surface area contributed by atoms with E-state index in [0.29, 0.717) is 18.0 Å².